The third-order valence-electron chi connectivity index (χ3n) is 6.15. The molecule has 0 spiro atoms. The van der Waals surface area contributed by atoms with E-state index in [2.05, 4.69) is 46.8 Å². The fraction of sp³-hybridized carbons (Fsp3) is 0.773. The average Bonchev–Trinajstić information content (AvgIpc) is 2.88. The molecule has 3 atom stereocenters. The molecule has 0 aromatic carbocycles. The second-order valence-corrected chi connectivity index (χ2v) is 8.61. The first kappa shape index (κ1) is 20.2. The van der Waals surface area contributed by atoms with Crippen LogP contribution in [0.1, 0.15) is 86.5 Å². The minimum atomic E-state index is -0.397. The quantitative estimate of drug-likeness (QED) is 0.471. The second-order valence-electron chi connectivity index (χ2n) is 8.61. The first-order chi connectivity index (χ1) is 11.7. The number of allylic oxidation sites excluding steroid dienone is 3. The van der Waals surface area contributed by atoms with Crippen molar-refractivity contribution in [1.82, 2.24) is 0 Å². The molecule has 142 valence electrons. The number of fused-ring (bicyclic) bond motifs is 2. The molecule has 0 aromatic rings. The number of hydrogen-bond acceptors (Lipinski definition) is 3. The first-order valence-corrected chi connectivity index (χ1v) is 9.85. The molecule has 3 nitrogen and oxygen atoms in total. The standard InChI is InChI=1S/C22H36O3/c1-16(2)22-13-12-18(4)9-7-8-17(3)10-11-20(24-19(5)23)21(6,25-22)14-15-22/h8,12,16,20H,7,9-11,13-15H2,1-6H3/b17-8-,18-12+/t20-,21+,22+/m0/s1. The zero-order valence-corrected chi connectivity index (χ0v) is 17.0. The number of ether oxygens (including phenoxy) is 2. The summed E-state index contributed by atoms with van der Waals surface area (Å²) in [6.07, 6.45) is 11.4. The molecule has 0 amide bonds. The monoisotopic (exact) mass is 348 g/mol. The van der Waals surface area contributed by atoms with Gasteiger partial charge in [0.1, 0.15) is 11.7 Å². The fourth-order valence-electron chi connectivity index (χ4n) is 4.18. The van der Waals surface area contributed by atoms with Crippen molar-refractivity contribution in [2.45, 2.75) is 104 Å². The van der Waals surface area contributed by atoms with Crippen molar-refractivity contribution >= 4 is 5.97 Å². The summed E-state index contributed by atoms with van der Waals surface area (Å²) in [5, 5.41) is 0. The Morgan fingerprint density at radius 2 is 1.88 bits per heavy atom. The lowest BCUT2D eigenvalue weighted by Gasteiger charge is -2.39. The van der Waals surface area contributed by atoms with Crippen molar-refractivity contribution in [3.8, 4) is 0 Å². The third kappa shape index (κ3) is 4.97. The molecule has 0 aliphatic carbocycles. The molecule has 0 radical (unpaired) electrons. The predicted octanol–water partition coefficient (Wildman–Crippen LogP) is 5.74. The average molecular weight is 349 g/mol. The van der Waals surface area contributed by atoms with Gasteiger partial charge in [0, 0.05) is 6.92 Å². The Bertz CT molecular complexity index is 545. The fourth-order valence-corrected chi connectivity index (χ4v) is 4.18. The van der Waals surface area contributed by atoms with Crippen molar-refractivity contribution in [3.05, 3.63) is 23.3 Å². The van der Waals surface area contributed by atoms with Crippen LogP contribution in [0.5, 0.6) is 0 Å². The van der Waals surface area contributed by atoms with E-state index in [9.17, 15) is 4.79 Å². The van der Waals surface area contributed by atoms with Gasteiger partial charge < -0.3 is 9.47 Å². The molecule has 3 heteroatoms. The van der Waals surface area contributed by atoms with E-state index < -0.39 is 5.60 Å². The van der Waals surface area contributed by atoms with E-state index in [0.29, 0.717) is 5.92 Å². The van der Waals surface area contributed by atoms with E-state index in [1.54, 1.807) is 0 Å². The number of esters is 1. The zero-order valence-electron chi connectivity index (χ0n) is 17.0. The van der Waals surface area contributed by atoms with Gasteiger partial charge in [-0.15, -0.1) is 0 Å². The smallest absolute Gasteiger partial charge is 0.303 e. The van der Waals surface area contributed by atoms with Crippen molar-refractivity contribution in [3.63, 3.8) is 0 Å². The first-order valence-electron chi connectivity index (χ1n) is 9.85. The van der Waals surface area contributed by atoms with Gasteiger partial charge in [-0.05, 0) is 71.6 Å². The van der Waals surface area contributed by atoms with Gasteiger partial charge in [-0.1, -0.05) is 37.1 Å². The van der Waals surface area contributed by atoms with E-state index in [0.717, 1.165) is 44.9 Å². The minimum absolute atomic E-state index is 0.148. The molecule has 2 bridgehead atoms. The highest BCUT2D eigenvalue weighted by atomic mass is 16.6. The zero-order chi connectivity index (χ0) is 18.7. The Hall–Kier alpha value is -1.09. The lowest BCUT2D eigenvalue weighted by Crippen LogP contribution is -2.46. The molecule has 2 rings (SSSR count). The summed E-state index contributed by atoms with van der Waals surface area (Å²) in [5.41, 5.74) is 2.27. The highest BCUT2D eigenvalue weighted by molar-refractivity contribution is 5.66. The highest BCUT2D eigenvalue weighted by Crippen LogP contribution is 2.48. The Morgan fingerprint density at radius 3 is 2.52 bits per heavy atom. The number of carbonyl (C=O) groups is 1. The van der Waals surface area contributed by atoms with Gasteiger partial charge in [0.05, 0.1) is 5.60 Å². The summed E-state index contributed by atoms with van der Waals surface area (Å²) >= 11 is 0. The van der Waals surface area contributed by atoms with Crippen molar-refractivity contribution < 1.29 is 14.3 Å². The molecule has 2 aliphatic rings. The Morgan fingerprint density at radius 1 is 1.20 bits per heavy atom. The molecular formula is C22H36O3. The summed E-state index contributed by atoms with van der Waals surface area (Å²) in [6.45, 7) is 12.6. The third-order valence-corrected chi connectivity index (χ3v) is 6.15. The summed E-state index contributed by atoms with van der Waals surface area (Å²) in [5.74, 6) is 0.222. The van der Waals surface area contributed by atoms with E-state index >= 15 is 0 Å². The van der Waals surface area contributed by atoms with Crippen LogP contribution in [0.15, 0.2) is 23.3 Å². The molecule has 2 heterocycles. The van der Waals surface area contributed by atoms with Crippen LogP contribution in [0.2, 0.25) is 0 Å². The Balaban J connectivity index is 2.35. The van der Waals surface area contributed by atoms with E-state index in [-0.39, 0.29) is 17.7 Å². The molecule has 1 fully saturated rings. The van der Waals surface area contributed by atoms with Gasteiger partial charge in [0.2, 0.25) is 0 Å². The maximum atomic E-state index is 11.7. The lowest BCUT2D eigenvalue weighted by atomic mass is 9.82. The molecule has 2 aliphatic heterocycles. The SMILES string of the molecule is CC(=O)O[C@H]1CC/C(C)=C\CC/C(C)=C/C[C@]2(C(C)C)CC[C@@]1(C)O2. The highest BCUT2D eigenvalue weighted by Gasteiger charge is 2.52. The van der Waals surface area contributed by atoms with E-state index in [4.69, 9.17) is 9.47 Å². The topological polar surface area (TPSA) is 35.5 Å². The van der Waals surface area contributed by atoms with Crippen LogP contribution in [0, 0.1) is 5.92 Å². The van der Waals surface area contributed by atoms with Crippen molar-refractivity contribution in [2.75, 3.05) is 0 Å². The van der Waals surface area contributed by atoms with Crippen LogP contribution in [0.4, 0.5) is 0 Å². The normalized spacial score (nSPS) is 38.6. The van der Waals surface area contributed by atoms with Crippen LogP contribution in [0.3, 0.4) is 0 Å². The molecule has 0 N–H and O–H groups in total. The van der Waals surface area contributed by atoms with E-state index in [1.165, 1.54) is 18.1 Å². The molecular weight excluding hydrogens is 312 g/mol. The van der Waals surface area contributed by atoms with Crippen molar-refractivity contribution in [2.24, 2.45) is 5.92 Å². The Labute approximate surface area is 153 Å². The van der Waals surface area contributed by atoms with Crippen LogP contribution >= 0.6 is 0 Å². The maximum absolute atomic E-state index is 11.7. The predicted molar refractivity (Wildman–Crippen MR) is 102 cm³/mol. The Kier molecular flexibility index (Phi) is 6.53. The minimum Gasteiger partial charge on any atom is -0.459 e. The van der Waals surface area contributed by atoms with Crippen LogP contribution in [-0.4, -0.2) is 23.3 Å². The van der Waals surface area contributed by atoms with Gasteiger partial charge in [-0.25, -0.2) is 0 Å². The van der Waals surface area contributed by atoms with Gasteiger partial charge in [-0.3, -0.25) is 4.79 Å². The largest absolute Gasteiger partial charge is 0.459 e. The van der Waals surface area contributed by atoms with Crippen LogP contribution < -0.4 is 0 Å². The molecule has 0 unspecified atom stereocenters. The summed E-state index contributed by atoms with van der Waals surface area (Å²) < 4.78 is 12.5. The van der Waals surface area contributed by atoms with Gasteiger partial charge in [0.15, 0.2) is 0 Å². The summed E-state index contributed by atoms with van der Waals surface area (Å²) in [6, 6.07) is 0. The maximum Gasteiger partial charge on any atom is 0.303 e. The lowest BCUT2D eigenvalue weighted by molar-refractivity contribution is -0.186. The molecule has 0 saturated carbocycles. The van der Waals surface area contributed by atoms with Gasteiger partial charge in [0.25, 0.3) is 0 Å². The second kappa shape index (κ2) is 8.07. The number of carbonyl (C=O) groups excluding carboxylic acids is 1. The van der Waals surface area contributed by atoms with Crippen LogP contribution in [-0.2, 0) is 14.3 Å². The van der Waals surface area contributed by atoms with Crippen LogP contribution in [0.25, 0.3) is 0 Å². The summed E-state index contributed by atoms with van der Waals surface area (Å²) in [4.78, 5) is 11.7. The van der Waals surface area contributed by atoms with E-state index in [1.807, 2.05) is 0 Å². The molecule has 0 aromatic heterocycles. The number of hydrogen-bond donors (Lipinski definition) is 0. The number of rotatable bonds is 2. The summed E-state index contributed by atoms with van der Waals surface area (Å²) in [7, 11) is 0. The van der Waals surface area contributed by atoms with Gasteiger partial charge in [-0.2, -0.15) is 0 Å². The van der Waals surface area contributed by atoms with Crippen molar-refractivity contribution in [1.29, 1.82) is 0 Å². The molecule has 25 heavy (non-hydrogen) atoms. The molecule has 1 saturated heterocycles. The van der Waals surface area contributed by atoms with Gasteiger partial charge >= 0.3 is 5.97 Å².